The molecule has 0 atom stereocenters. The van der Waals surface area contributed by atoms with Gasteiger partial charge in [-0.05, 0) is 28.8 Å². The third-order valence-corrected chi connectivity index (χ3v) is 5.34. The molecule has 0 radical (unpaired) electrons. The van der Waals surface area contributed by atoms with Crippen molar-refractivity contribution in [2.24, 2.45) is 0 Å². The van der Waals surface area contributed by atoms with Crippen molar-refractivity contribution in [2.75, 3.05) is 0 Å². The topological polar surface area (TPSA) is 72.7 Å². The predicted molar refractivity (Wildman–Crippen MR) is 123 cm³/mol. The highest BCUT2D eigenvalue weighted by Crippen LogP contribution is 2.25. The van der Waals surface area contributed by atoms with Crippen LogP contribution in [0.3, 0.4) is 0 Å². The van der Waals surface area contributed by atoms with E-state index in [1.54, 1.807) is 17.1 Å². The lowest BCUT2D eigenvalue weighted by atomic mass is 9.99. The van der Waals surface area contributed by atoms with Gasteiger partial charge in [0.1, 0.15) is 6.04 Å². The minimum Gasteiger partial charge on any atom is -0.346 e. The second kappa shape index (κ2) is 8.81. The molecule has 5 aromatic rings. The molecule has 0 unspecified atom stereocenters. The van der Waals surface area contributed by atoms with E-state index in [0.29, 0.717) is 6.54 Å². The van der Waals surface area contributed by atoms with Gasteiger partial charge in [-0.1, -0.05) is 84.1 Å². The van der Waals surface area contributed by atoms with E-state index in [9.17, 15) is 4.79 Å². The van der Waals surface area contributed by atoms with Crippen LogP contribution in [0.25, 0.3) is 10.9 Å². The SMILES string of the molecule is O=C(NCc1cnc2ccccc2c1)c1cn(C(c2ccccc2)c2ccccc2)nn1. The molecule has 5 rings (SSSR count). The summed E-state index contributed by atoms with van der Waals surface area (Å²) < 4.78 is 1.73. The molecular weight excluding hydrogens is 398 g/mol. The van der Waals surface area contributed by atoms with Crippen LogP contribution in [0, 0.1) is 0 Å². The number of aromatic nitrogens is 4. The van der Waals surface area contributed by atoms with Crippen molar-refractivity contribution in [3.05, 3.63) is 126 Å². The van der Waals surface area contributed by atoms with Crippen LogP contribution < -0.4 is 5.32 Å². The summed E-state index contributed by atoms with van der Waals surface area (Å²) in [6.07, 6.45) is 3.47. The Morgan fingerprint density at radius 1 is 0.875 bits per heavy atom. The molecule has 32 heavy (non-hydrogen) atoms. The first-order valence-corrected chi connectivity index (χ1v) is 10.4. The number of nitrogens with one attached hydrogen (secondary N) is 1. The molecule has 0 aliphatic heterocycles. The van der Waals surface area contributed by atoms with Gasteiger partial charge in [-0.25, -0.2) is 4.68 Å². The largest absolute Gasteiger partial charge is 0.346 e. The van der Waals surface area contributed by atoms with Gasteiger partial charge in [0.2, 0.25) is 0 Å². The lowest BCUT2D eigenvalue weighted by Crippen LogP contribution is -2.23. The van der Waals surface area contributed by atoms with Crippen molar-refractivity contribution in [1.29, 1.82) is 0 Å². The first kappa shape index (κ1) is 19.6. The summed E-state index contributed by atoms with van der Waals surface area (Å²) >= 11 is 0. The van der Waals surface area contributed by atoms with Gasteiger partial charge in [0, 0.05) is 18.1 Å². The van der Waals surface area contributed by atoms with Crippen LogP contribution >= 0.6 is 0 Å². The van der Waals surface area contributed by atoms with Crippen molar-refractivity contribution in [3.8, 4) is 0 Å². The van der Waals surface area contributed by atoms with Gasteiger partial charge < -0.3 is 5.32 Å². The standard InChI is InChI=1S/C26H21N5O/c32-26(28-17-19-15-22-13-7-8-14-23(22)27-16-19)24-18-31(30-29-24)25(20-9-3-1-4-10-20)21-11-5-2-6-12-21/h1-16,18,25H,17H2,(H,28,32). The van der Waals surface area contributed by atoms with Crippen molar-refractivity contribution in [2.45, 2.75) is 12.6 Å². The fourth-order valence-corrected chi connectivity index (χ4v) is 3.76. The average Bonchev–Trinajstić information content (AvgIpc) is 3.34. The molecule has 2 aromatic heterocycles. The number of hydrogen-bond acceptors (Lipinski definition) is 4. The lowest BCUT2D eigenvalue weighted by Gasteiger charge is -2.17. The predicted octanol–water partition coefficient (Wildman–Crippen LogP) is 4.39. The number of carbonyl (C=O) groups is 1. The zero-order valence-electron chi connectivity index (χ0n) is 17.3. The van der Waals surface area contributed by atoms with E-state index in [2.05, 4.69) is 20.6 Å². The summed E-state index contributed by atoms with van der Waals surface area (Å²) in [5.74, 6) is -0.274. The van der Waals surface area contributed by atoms with Crippen LogP contribution in [0.2, 0.25) is 0 Å². The molecular formula is C26H21N5O. The van der Waals surface area contributed by atoms with E-state index in [0.717, 1.165) is 27.6 Å². The molecule has 1 N–H and O–H groups in total. The summed E-state index contributed by atoms with van der Waals surface area (Å²) in [5.41, 5.74) is 4.26. The monoisotopic (exact) mass is 419 g/mol. The van der Waals surface area contributed by atoms with Crippen LogP contribution in [0.4, 0.5) is 0 Å². The Morgan fingerprint density at radius 2 is 1.53 bits per heavy atom. The van der Waals surface area contributed by atoms with Crippen LogP contribution in [-0.2, 0) is 6.54 Å². The molecule has 6 nitrogen and oxygen atoms in total. The Hall–Kier alpha value is -4.32. The first-order chi connectivity index (χ1) is 15.8. The summed E-state index contributed by atoms with van der Waals surface area (Å²) in [6, 6.07) is 29.9. The number of nitrogens with zero attached hydrogens (tertiary/aromatic N) is 4. The number of para-hydroxylation sites is 1. The fraction of sp³-hybridized carbons (Fsp3) is 0.0769. The van der Waals surface area contributed by atoms with Gasteiger partial charge in [-0.15, -0.1) is 5.10 Å². The number of pyridine rings is 1. The summed E-state index contributed by atoms with van der Waals surface area (Å²) in [4.78, 5) is 17.2. The van der Waals surface area contributed by atoms with Gasteiger partial charge >= 0.3 is 0 Å². The highest BCUT2D eigenvalue weighted by atomic mass is 16.2. The molecule has 6 heteroatoms. The molecule has 0 saturated heterocycles. The molecule has 0 bridgehead atoms. The number of hydrogen-bond donors (Lipinski definition) is 1. The minimum absolute atomic E-state index is 0.170. The smallest absolute Gasteiger partial charge is 0.273 e. The molecule has 1 amide bonds. The minimum atomic E-state index is -0.274. The second-order valence-corrected chi connectivity index (χ2v) is 7.53. The van der Waals surface area contributed by atoms with E-state index < -0.39 is 0 Å². The molecule has 2 heterocycles. The van der Waals surface area contributed by atoms with E-state index in [-0.39, 0.29) is 17.6 Å². The summed E-state index contributed by atoms with van der Waals surface area (Å²) in [5, 5.41) is 12.4. The number of fused-ring (bicyclic) bond motifs is 1. The number of carbonyl (C=O) groups excluding carboxylic acids is 1. The van der Waals surface area contributed by atoms with Gasteiger partial charge in [0.25, 0.3) is 5.91 Å². The summed E-state index contributed by atoms with van der Waals surface area (Å²) in [6.45, 7) is 0.365. The third kappa shape index (κ3) is 4.11. The zero-order valence-corrected chi connectivity index (χ0v) is 17.3. The molecule has 0 aliphatic rings. The van der Waals surface area contributed by atoms with Crippen LogP contribution in [0.1, 0.15) is 33.2 Å². The third-order valence-electron chi connectivity index (χ3n) is 5.34. The average molecular weight is 419 g/mol. The zero-order chi connectivity index (χ0) is 21.8. The Bertz CT molecular complexity index is 1310. The second-order valence-electron chi connectivity index (χ2n) is 7.53. The molecule has 0 aliphatic carbocycles. The van der Waals surface area contributed by atoms with E-state index >= 15 is 0 Å². The highest BCUT2D eigenvalue weighted by molar-refractivity contribution is 5.91. The Balaban J connectivity index is 1.35. The van der Waals surface area contributed by atoms with Crippen molar-refractivity contribution >= 4 is 16.8 Å². The molecule has 0 saturated carbocycles. The van der Waals surface area contributed by atoms with Crippen molar-refractivity contribution in [3.63, 3.8) is 0 Å². The van der Waals surface area contributed by atoms with Crippen molar-refractivity contribution in [1.82, 2.24) is 25.3 Å². The lowest BCUT2D eigenvalue weighted by molar-refractivity contribution is 0.0946. The Morgan fingerprint density at radius 3 is 2.25 bits per heavy atom. The number of rotatable bonds is 6. The quantitative estimate of drug-likeness (QED) is 0.443. The molecule has 0 spiro atoms. The number of amides is 1. The number of benzene rings is 3. The van der Waals surface area contributed by atoms with Crippen LogP contribution in [0.15, 0.2) is 103 Å². The van der Waals surface area contributed by atoms with Crippen LogP contribution in [-0.4, -0.2) is 25.9 Å². The molecule has 3 aromatic carbocycles. The maximum Gasteiger partial charge on any atom is 0.273 e. The summed E-state index contributed by atoms with van der Waals surface area (Å²) in [7, 11) is 0. The van der Waals surface area contributed by atoms with Crippen molar-refractivity contribution < 1.29 is 4.79 Å². The van der Waals surface area contributed by atoms with Gasteiger partial charge in [0.05, 0.1) is 11.7 Å². The van der Waals surface area contributed by atoms with Gasteiger partial charge in [-0.2, -0.15) is 0 Å². The Kier molecular flexibility index (Phi) is 5.41. The van der Waals surface area contributed by atoms with E-state index in [1.807, 2.05) is 91.0 Å². The molecule has 156 valence electrons. The maximum atomic E-state index is 12.7. The molecule has 0 fully saturated rings. The normalized spacial score (nSPS) is 11.0. The Labute approximate surface area is 185 Å². The van der Waals surface area contributed by atoms with E-state index in [1.165, 1.54) is 0 Å². The first-order valence-electron chi connectivity index (χ1n) is 10.4. The van der Waals surface area contributed by atoms with Crippen LogP contribution in [0.5, 0.6) is 0 Å². The maximum absolute atomic E-state index is 12.7. The van der Waals surface area contributed by atoms with Gasteiger partial charge in [-0.3, -0.25) is 9.78 Å². The fourth-order valence-electron chi connectivity index (χ4n) is 3.76. The van der Waals surface area contributed by atoms with Gasteiger partial charge in [0.15, 0.2) is 5.69 Å². The highest BCUT2D eigenvalue weighted by Gasteiger charge is 2.20. The van der Waals surface area contributed by atoms with E-state index in [4.69, 9.17) is 0 Å².